The number of phenols is 1. The lowest BCUT2D eigenvalue weighted by molar-refractivity contribution is -0.168. The summed E-state index contributed by atoms with van der Waals surface area (Å²) in [6, 6.07) is 6.55. The molecule has 3 rings (SSSR count). The predicted octanol–water partition coefficient (Wildman–Crippen LogP) is 2.36. The summed E-state index contributed by atoms with van der Waals surface area (Å²) in [6.07, 6.45) is 2.20. The molecule has 0 saturated carbocycles. The van der Waals surface area contributed by atoms with Crippen LogP contribution in [0.3, 0.4) is 0 Å². The molecule has 1 atom stereocenters. The van der Waals surface area contributed by atoms with Crippen LogP contribution < -0.4 is 0 Å². The van der Waals surface area contributed by atoms with Crippen LogP contribution >= 0.6 is 0 Å². The number of amides is 1. The van der Waals surface area contributed by atoms with Gasteiger partial charge in [-0.2, -0.15) is 0 Å². The second-order valence-electron chi connectivity index (χ2n) is 7.10. The van der Waals surface area contributed by atoms with E-state index in [-0.39, 0.29) is 17.3 Å². The Hall–Kier alpha value is -1.59. The van der Waals surface area contributed by atoms with Crippen LogP contribution in [0.4, 0.5) is 0 Å². The van der Waals surface area contributed by atoms with Crippen molar-refractivity contribution in [2.45, 2.75) is 32.3 Å². The van der Waals surface area contributed by atoms with Gasteiger partial charge in [-0.05, 0) is 50.0 Å². The average Bonchev–Trinajstić information content (AvgIpc) is 2.57. The average molecular weight is 332 g/mol. The lowest BCUT2D eigenvalue weighted by Gasteiger charge is -2.53. The molecule has 1 aromatic carbocycles. The van der Waals surface area contributed by atoms with Crippen molar-refractivity contribution in [2.75, 3.05) is 39.3 Å². The summed E-state index contributed by atoms with van der Waals surface area (Å²) in [4.78, 5) is 16.7. The van der Waals surface area contributed by atoms with Crippen LogP contribution in [-0.2, 0) is 4.74 Å². The monoisotopic (exact) mass is 332 g/mol. The van der Waals surface area contributed by atoms with Crippen molar-refractivity contribution in [1.82, 2.24) is 9.80 Å². The molecule has 2 saturated heterocycles. The normalized spacial score (nSPS) is 22.6. The number of carbonyl (C=O) groups excluding carboxylic acids is 1. The van der Waals surface area contributed by atoms with Crippen molar-refractivity contribution in [3.63, 3.8) is 0 Å². The second-order valence-corrected chi connectivity index (χ2v) is 7.10. The molecular weight excluding hydrogens is 304 g/mol. The Morgan fingerprint density at radius 3 is 2.71 bits per heavy atom. The molecule has 0 aromatic heterocycles. The first-order chi connectivity index (χ1) is 11.5. The summed E-state index contributed by atoms with van der Waals surface area (Å²) >= 11 is 0. The molecule has 2 heterocycles. The Balaban J connectivity index is 1.49. The minimum atomic E-state index is -0.133. The number of aromatic hydroxyl groups is 1. The summed E-state index contributed by atoms with van der Waals surface area (Å²) in [6.45, 7) is 9.81. The number of carbonyl (C=O) groups is 1. The number of benzene rings is 1. The van der Waals surface area contributed by atoms with Crippen molar-refractivity contribution >= 4 is 5.91 Å². The maximum atomic E-state index is 12.4. The third-order valence-corrected chi connectivity index (χ3v) is 5.38. The van der Waals surface area contributed by atoms with E-state index in [1.807, 2.05) is 4.90 Å². The van der Waals surface area contributed by atoms with Gasteiger partial charge < -0.3 is 19.6 Å². The minimum Gasteiger partial charge on any atom is -0.508 e. The third-order valence-electron chi connectivity index (χ3n) is 5.38. The van der Waals surface area contributed by atoms with Crippen molar-refractivity contribution < 1.29 is 14.6 Å². The molecule has 0 radical (unpaired) electrons. The quantitative estimate of drug-likeness (QED) is 0.899. The summed E-state index contributed by atoms with van der Waals surface area (Å²) in [5.41, 5.74) is 0.409. The van der Waals surface area contributed by atoms with Gasteiger partial charge in [0.25, 0.3) is 5.91 Å². The van der Waals surface area contributed by atoms with E-state index >= 15 is 0 Å². The molecule has 1 unspecified atom stereocenters. The molecule has 132 valence electrons. The first-order valence-corrected chi connectivity index (χ1v) is 9.00. The fourth-order valence-corrected chi connectivity index (χ4v) is 3.77. The largest absolute Gasteiger partial charge is 0.508 e. The first kappa shape index (κ1) is 17.2. The number of phenolic OH excluding ortho intramolecular Hbond substituents is 1. The van der Waals surface area contributed by atoms with Crippen LogP contribution in [0.5, 0.6) is 5.75 Å². The van der Waals surface area contributed by atoms with Gasteiger partial charge in [0.05, 0.1) is 19.7 Å². The summed E-state index contributed by atoms with van der Waals surface area (Å²) in [5.74, 6) is 0.709. The summed E-state index contributed by atoms with van der Waals surface area (Å²) in [5, 5.41) is 9.52. The van der Waals surface area contributed by atoms with Gasteiger partial charge in [0.1, 0.15) is 11.4 Å². The van der Waals surface area contributed by atoms with Gasteiger partial charge in [-0.15, -0.1) is 0 Å². The Morgan fingerprint density at radius 2 is 2.12 bits per heavy atom. The van der Waals surface area contributed by atoms with Gasteiger partial charge in [-0.3, -0.25) is 4.79 Å². The van der Waals surface area contributed by atoms with Gasteiger partial charge >= 0.3 is 0 Å². The van der Waals surface area contributed by atoms with Gasteiger partial charge in [0.15, 0.2) is 0 Å². The van der Waals surface area contributed by atoms with Gasteiger partial charge in [0.2, 0.25) is 0 Å². The van der Waals surface area contributed by atoms with Crippen molar-refractivity contribution in [2.24, 2.45) is 5.92 Å². The van der Waals surface area contributed by atoms with E-state index in [0.717, 1.165) is 32.7 Å². The Kier molecular flexibility index (Phi) is 5.11. The van der Waals surface area contributed by atoms with Gasteiger partial charge in [-0.25, -0.2) is 0 Å². The summed E-state index contributed by atoms with van der Waals surface area (Å²) < 4.78 is 6.17. The fraction of sp³-hybridized carbons (Fsp3) is 0.632. The van der Waals surface area contributed by atoms with Crippen molar-refractivity contribution in [1.29, 1.82) is 0 Å². The van der Waals surface area contributed by atoms with Crippen molar-refractivity contribution in [3.8, 4) is 5.75 Å². The van der Waals surface area contributed by atoms with Crippen molar-refractivity contribution in [3.05, 3.63) is 29.8 Å². The molecule has 0 bridgehead atoms. The molecule has 1 aromatic rings. The highest BCUT2D eigenvalue weighted by atomic mass is 16.5. The minimum absolute atomic E-state index is 0.0228. The third kappa shape index (κ3) is 3.57. The Bertz CT molecular complexity index is 570. The predicted molar refractivity (Wildman–Crippen MR) is 93.2 cm³/mol. The van der Waals surface area contributed by atoms with Crippen LogP contribution in [-0.4, -0.2) is 65.7 Å². The number of likely N-dealkylation sites (tertiary alicyclic amines) is 1. The lowest BCUT2D eigenvalue weighted by Crippen LogP contribution is -2.66. The highest BCUT2D eigenvalue weighted by molar-refractivity contribution is 5.95. The zero-order valence-corrected chi connectivity index (χ0v) is 14.7. The van der Waals surface area contributed by atoms with E-state index in [1.165, 1.54) is 12.5 Å². The molecule has 1 spiro atoms. The van der Waals surface area contributed by atoms with Crippen LogP contribution in [0.15, 0.2) is 24.3 Å². The molecule has 1 N–H and O–H groups in total. The van der Waals surface area contributed by atoms with Gasteiger partial charge in [0, 0.05) is 12.1 Å². The van der Waals surface area contributed by atoms with E-state index in [2.05, 4.69) is 18.7 Å². The topological polar surface area (TPSA) is 53.0 Å². The first-order valence-electron chi connectivity index (χ1n) is 9.00. The van der Waals surface area contributed by atoms with E-state index in [0.29, 0.717) is 24.6 Å². The maximum Gasteiger partial charge on any atom is 0.254 e. The Labute approximate surface area is 144 Å². The molecule has 2 fully saturated rings. The molecule has 5 nitrogen and oxygen atoms in total. The van der Waals surface area contributed by atoms with E-state index < -0.39 is 0 Å². The summed E-state index contributed by atoms with van der Waals surface area (Å²) in [7, 11) is 0. The van der Waals surface area contributed by atoms with E-state index in [4.69, 9.17) is 4.74 Å². The lowest BCUT2D eigenvalue weighted by atomic mass is 9.82. The number of rotatable bonds is 5. The zero-order valence-electron chi connectivity index (χ0n) is 14.7. The smallest absolute Gasteiger partial charge is 0.254 e. The SMILES string of the molecule is CCN(CC)CC1CCC2(CN(C(=O)c3cccc(O)c3)C2)OC1. The van der Waals surface area contributed by atoms with Crippen LogP contribution in [0.2, 0.25) is 0 Å². The fourth-order valence-electron chi connectivity index (χ4n) is 3.77. The molecule has 1 amide bonds. The number of ether oxygens (including phenoxy) is 1. The molecule has 2 aliphatic heterocycles. The van der Waals surface area contributed by atoms with E-state index in [1.54, 1.807) is 18.2 Å². The van der Waals surface area contributed by atoms with E-state index in [9.17, 15) is 9.90 Å². The number of nitrogens with zero attached hydrogens (tertiary/aromatic N) is 2. The molecular formula is C19H28N2O3. The number of hydrogen-bond acceptors (Lipinski definition) is 4. The zero-order chi connectivity index (χ0) is 17.2. The molecule has 24 heavy (non-hydrogen) atoms. The highest BCUT2D eigenvalue weighted by Gasteiger charge is 2.48. The van der Waals surface area contributed by atoms with Gasteiger partial charge in [-0.1, -0.05) is 19.9 Å². The van der Waals surface area contributed by atoms with Crippen LogP contribution in [0.1, 0.15) is 37.0 Å². The Morgan fingerprint density at radius 1 is 1.38 bits per heavy atom. The molecule has 0 aliphatic carbocycles. The molecule has 2 aliphatic rings. The van der Waals surface area contributed by atoms with Crippen LogP contribution in [0.25, 0.3) is 0 Å². The number of hydrogen-bond donors (Lipinski definition) is 1. The van der Waals surface area contributed by atoms with Crippen LogP contribution in [0, 0.1) is 5.92 Å². The highest BCUT2D eigenvalue weighted by Crippen LogP contribution is 2.37. The standard InChI is InChI=1S/C19H28N2O3/c1-3-20(4-2)11-15-8-9-19(24-12-15)13-21(14-19)18(23)16-6-5-7-17(22)10-16/h5-7,10,15,22H,3-4,8-9,11-14H2,1-2H3. The molecule has 5 heteroatoms. The maximum absolute atomic E-state index is 12.4. The second kappa shape index (κ2) is 7.11.